The minimum absolute atomic E-state index is 0.0363. The average Bonchev–Trinajstić information content (AvgIpc) is 3.19. The quantitative estimate of drug-likeness (QED) is 0.653. The Morgan fingerprint density at radius 2 is 1.90 bits per heavy atom. The van der Waals surface area contributed by atoms with Crippen molar-refractivity contribution in [3.8, 4) is 0 Å². The molecule has 3 aromatic rings. The second-order valence-corrected chi connectivity index (χ2v) is 7.91. The molecule has 1 aromatic heterocycles. The summed E-state index contributed by atoms with van der Waals surface area (Å²) in [6, 6.07) is 11.6. The normalized spacial score (nSPS) is 14.8. The fraction of sp³-hybridized carbons (Fsp3) is 0.286. The molecule has 1 aliphatic rings. The number of ether oxygens (including phenoxy) is 1. The summed E-state index contributed by atoms with van der Waals surface area (Å²) >= 11 is 1.47. The SMILES string of the molecule is COC(=O)c1ccc(NC(=O)C2CCN(c3nc4c(F)cccc4s3)CC2)cc1. The first kappa shape index (κ1) is 19.3. The summed E-state index contributed by atoms with van der Waals surface area (Å²) in [6.45, 7) is 1.39. The first-order valence-electron chi connectivity index (χ1n) is 9.34. The number of hydrogen-bond donors (Lipinski definition) is 1. The van der Waals surface area contributed by atoms with Crippen molar-refractivity contribution in [3.05, 3.63) is 53.8 Å². The van der Waals surface area contributed by atoms with Crippen molar-refractivity contribution in [2.75, 3.05) is 30.4 Å². The Bertz CT molecular complexity index is 1040. The van der Waals surface area contributed by atoms with Crippen LogP contribution in [-0.2, 0) is 9.53 Å². The van der Waals surface area contributed by atoms with E-state index in [1.807, 2.05) is 6.07 Å². The van der Waals surface area contributed by atoms with Crippen molar-refractivity contribution >= 4 is 44.2 Å². The summed E-state index contributed by atoms with van der Waals surface area (Å²) in [5.74, 6) is -0.856. The summed E-state index contributed by atoms with van der Waals surface area (Å²) in [7, 11) is 1.33. The van der Waals surface area contributed by atoms with E-state index < -0.39 is 5.97 Å². The highest BCUT2D eigenvalue weighted by Crippen LogP contribution is 2.32. The topological polar surface area (TPSA) is 71.5 Å². The van der Waals surface area contributed by atoms with E-state index in [0.29, 0.717) is 42.7 Å². The number of halogens is 1. The fourth-order valence-electron chi connectivity index (χ4n) is 3.42. The fourth-order valence-corrected chi connectivity index (χ4v) is 4.45. The second kappa shape index (κ2) is 8.16. The summed E-state index contributed by atoms with van der Waals surface area (Å²) in [4.78, 5) is 30.6. The van der Waals surface area contributed by atoms with E-state index in [1.54, 1.807) is 30.3 Å². The molecule has 0 saturated carbocycles. The summed E-state index contributed by atoms with van der Waals surface area (Å²) < 4.78 is 19.4. The van der Waals surface area contributed by atoms with Crippen LogP contribution < -0.4 is 10.2 Å². The van der Waals surface area contributed by atoms with Crippen LogP contribution in [0.2, 0.25) is 0 Å². The minimum Gasteiger partial charge on any atom is -0.465 e. The number of amides is 1. The van der Waals surface area contributed by atoms with Gasteiger partial charge in [0.05, 0.1) is 17.4 Å². The van der Waals surface area contributed by atoms with Crippen LogP contribution in [-0.4, -0.2) is 37.1 Å². The first-order valence-corrected chi connectivity index (χ1v) is 10.2. The molecule has 150 valence electrons. The van der Waals surface area contributed by atoms with Gasteiger partial charge in [-0.2, -0.15) is 0 Å². The lowest BCUT2D eigenvalue weighted by atomic mass is 9.96. The number of para-hydroxylation sites is 1. The Morgan fingerprint density at radius 3 is 2.55 bits per heavy atom. The number of nitrogens with zero attached hydrogens (tertiary/aromatic N) is 2. The van der Waals surface area contributed by atoms with E-state index in [4.69, 9.17) is 0 Å². The standard InChI is InChI=1S/C21H20FN3O3S/c1-28-20(27)14-5-7-15(8-6-14)23-19(26)13-9-11-25(12-10-13)21-24-18-16(22)3-2-4-17(18)29-21/h2-8,13H,9-12H2,1H3,(H,23,26). The van der Waals surface area contributed by atoms with Crippen molar-refractivity contribution in [2.45, 2.75) is 12.8 Å². The van der Waals surface area contributed by atoms with Gasteiger partial charge in [-0.1, -0.05) is 17.4 Å². The molecule has 0 aliphatic carbocycles. The molecule has 0 radical (unpaired) electrons. The molecule has 0 atom stereocenters. The molecule has 6 nitrogen and oxygen atoms in total. The van der Waals surface area contributed by atoms with Crippen LogP contribution in [0.15, 0.2) is 42.5 Å². The third kappa shape index (κ3) is 4.07. The minimum atomic E-state index is -0.412. The van der Waals surface area contributed by atoms with Crippen LogP contribution in [0.5, 0.6) is 0 Å². The third-order valence-corrected chi connectivity index (χ3v) is 6.15. The Kier molecular flexibility index (Phi) is 5.44. The number of fused-ring (bicyclic) bond motifs is 1. The van der Waals surface area contributed by atoms with Crippen LogP contribution in [0.25, 0.3) is 10.2 Å². The molecule has 1 aliphatic heterocycles. The number of methoxy groups -OCH3 is 1. The van der Waals surface area contributed by atoms with Gasteiger partial charge in [0.15, 0.2) is 5.13 Å². The highest BCUT2D eigenvalue weighted by Gasteiger charge is 2.27. The molecule has 4 rings (SSSR count). The highest BCUT2D eigenvalue weighted by atomic mass is 32.1. The number of rotatable bonds is 4. The Balaban J connectivity index is 1.35. The highest BCUT2D eigenvalue weighted by molar-refractivity contribution is 7.22. The Morgan fingerprint density at radius 1 is 1.17 bits per heavy atom. The van der Waals surface area contributed by atoms with Gasteiger partial charge in [0.25, 0.3) is 0 Å². The van der Waals surface area contributed by atoms with Gasteiger partial charge < -0.3 is 15.0 Å². The summed E-state index contributed by atoms with van der Waals surface area (Å²) in [6.07, 6.45) is 1.40. The molecule has 2 aromatic carbocycles. The molecule has 1 amide bonds. The second-order valence-electron chi connectivity index (χ2n) is 6.90. The van der Waals surface area contributed by atoms with Gasteiger partial charge in [0.2, 0.25) is 5.91 Å². The van der Waals surface area contributed by atoms with Crippen LogP contribution in [0, 0.1) is 11.7 Å². The zero-order valence-electron chi connectivity index (χ0n) is 15.9. The lowest BCUT2D eigenvalue weighted by molar-refractivity contribution is -0.120. The third-order valence-electron chi connectivity index (χ3n) is 5.07. The predicted octanol–water partition coefficient (Wildman–Crippen LogP) is 4.08. The van der Waals surface area contributed by atoms with E-state index in [2.05, 4.69) is 19.9 Å². The van der Waals surface area contributed by atoms with E-state index in [9.17, 15) is 14.0 Å². The average molecular weight is 413 g/mol. The molecule has 2 heterocycles. The number of piperidine rings is 1. The zero-order valence-corrected chi connectivity index (χ0v) is 16.7. The molecule has 8 heteroatoms. The summed E-state index contributed by atoms with van der Waals surface area (Å²) in [5.41, 5.74) is 1.49. The van der Waals surface area contributed by atoms with Crippen molar-refractivity contribution in [2.24, 2.45) is 5.92 Å². The molecule has 0 spiro atoms. The van der Waals surface area contributed by atoms with Gasteiger partial charge in [-0.15, -0.1) is 0 Å². The molecule has 1 N–H and O–H groups in total. The lowest BCUT2D eigenvalue weighted by Gasteiger charge is -2.31. The molecule has 0 unspecified atom stereocenters. The van der Waals surface area contributed by atoms with Crippen molar-refractivity contribution in [3.63, 3.8) is 0 Å². The summed E-state index contributed by atoms with van der Waals surface area (Å²) in [5, 5.41) is 3.70. The molecular weight excluding hydrogens is 393 g/mol. The maximum Gasteiger partial charge on any atom is 0.337 e. The smallest absolute Gasteiger partial charge is 0.337 e. The molecule has 1 fully saturated rings. The molecular formula is C21H20FN3O3S. The van der Waals surface area contributed by atoms with E-state index >= 15 is 0 Å². The van der Waals surface area contributed by atoms with Gasteiger partial charge >= 0.3 is 5.97 Å². The lowest BCUT2D eigenvalue weighted by Crippen LogP contribution is -2.38. The number of thiazole rings is 1. The van der Waals surface area contributed by atoms with Gasteiger partial charge in [-0.3, -0.25) is 4.79 Å². The monoisotopic (exact) mass is 413 g/mol. The van der Waals surface area contributed by atoms with Crippen LogP contribution in [0.3, 0.4) is 0 Å². The number of carbonyl (C=O) groups is 2. The van der Waals surface area contributed by atoms with Gasteiger partial charge in [-0.25, -0.2) is 14.2 Å². The zero-order chi connectivity index (χ0) is 20.4. The van der Waals surface area contributed by atoms with Crippen molar-refractivity contribution in [1.29, 1.82) is 0 Å². The van der Waals surface area contributed by atoms with Crippen molar-refractivity contribution < 1.29 is 18.7 Å². The van der Waals surface area contributed by atoms with Crippen LogP contribution in [0.1, 0.15) is 23.2 Å². The van der Waals surface area contributed by atoms with Gasteiger partial charge in [0.1, 0.15) is 11.3 Å². The molecule has 0 bridgehead atoms. The number of benzene rings is 2. The van der Waals surface area contributed by atoms with E-state index in [1.165, 1.54) is 24.5 Å². The van der Waals surface area contributed by atoms with E-state index in [0.717, 1.165) is 9.83 Å². The predicted molar refractivity (Wildman–Crippen MR) is 111 cm³/mol. The van der Waals surface area contributed by atoms with Crippen molar-refractivity contribution in [1.82, 2.24) is 4.98 Å². The largest absolute Gasteiger partial charge is 0.465 e. The number of carbonyl (C=O) groups excluding carboxylic acids is 2. The first-order chi connectivity index (χ1) is 14.0. The van der Waals surface area contributed by atoms with Crippen LogP contribution in [0.4, 0.5) is 15.2 Å². The van der Waals surface area contributed by atoms with E-state index in [-0.39, 0.29) is 17.6 Å². The number of nitrogens with one attached hydrogen (secondary N) is 1. The molecule has 1 saturated heterocycles. The van der Waals surface area contributed by atoms with Gasteiger partial charge in [0, 0.05) is 24.7 Å². The van der Waals surface area contributed by atoms with Crippen LogP contribution >= 0.6 is 11.3 Å². The number of esters is 1. The van der Waals surface area contributed by atoms with Gasteiger partial charge in [-0.05, 0) is 49.2 Å². The maximum absolute atomic E-state index is 13.9. The maximum atomic E-state index is 13.9. The number of aromatic nitrogens is 1. The Hall–Kier alpha value is -3.00. The molecule has 29 heavy (non-hydrogen) atoms. The Labute approximate surface area is 171 Å². The number of anilines is 2. The number of hydrogen-bond acceptors (Lipinski definition) is 6.